The first kappa shape index (κ1) is 13.1. The maximum absolute atomic E-state index is 13.7. The van der Waals surface area contributed by atoms with E-state index in [0.717, 1.165) is 5.56 Å². The number of carbonyl (C=O) groups is 1. The molecule has 2 rings (SSSR count). The van der Waals surface area contributed by atoms with E-state index in [2.05, 4.69) is 5.32 Å². The van der Waals surface area contributed by atoms with Crippen LogP contribution in [0.3, 0.4) is 0 Å². The van der Waals surface area contributed by atoms with E-state index in [9.17, 15) is 9.18 Å². The second-order valence-electron chi connectivity index (χ2n) is 4.14. The molecule has 0 aromatic heterocycles. The van der Waals surface area contributed by atoms with Gasteiger partial charge in [-0.15, -0.1) is 0 Å². The second-order valence-corrected chi connectivity index (χ2v) is 4.14. The number of carbonyl (C=O) groups excluding carboxylic acids is 1. The van der Waals surface area contributed by atoms with Crippen molar-refractivity contribution in [1.82, 2.24) is 0 Å². The molecule has 0 atom stereocenters. The summed E-state index contributed by atoms with van der Waals surface area (Å²) in [5.41, 5.74) is 1.29. The summed E-state index contributed by atoms with van der Waals surface area (Å²) in [5.74, 6) is -0.502. The van der Waals surface area contributed by atoms with Gasteiger partial charge in [-0.05, 0) is 36.8 Å². The number of anilines is 1. The fourth-order valence-corrected chi connectivity index (χ4v) is 1.74. The number of benzene rings is 2. The van der Waals surface area contributed by atoms with E-state index in [4.69, 9.17) is 4.74 Å². The van der Waals surface area contributed by atoms with Gasteiger partial charge in [0.2, 0.25) is 0 Å². The van der Waals surface area contributed by atoms with Crippen LogP contribution in [0.4, 0.5) is 10.1 Å². The van der Waals surface area contributed by atoms with Gasteiger partial charge in [-0.2, -0.15) is 0 Å². The third-order valence-electron chi connectivity index (χ3n) is 2.72. The molecule has 0 saturated carbocycles. The molecule has 2 aromatic carbocycles. The van der Waals surface area contributed by atoms with E-state index in [1.54, 1.807) is 37.3 Å². The summed E-state index contributed by atoms with van der Waals surface area (Å²) < 4.78 is 18.8. The van der Waals surface area contributed by atoms with Gasteiger partial charge in [-0.25, -0.2) is 4.39 Å². The van der Waals surface area contributed by atoms with Crippen molar-refractivity contribution >= 4 is 11.6 Å². The van der Waals surface area contributed by atoms with Crippen LogP contribution >= 0.6 is 0 Å². The van der Waals surface area contributed by atoms with E-state index in [1.165, 1.54) is 19.2 Å². The number of hydrogen-bond donors (Lipinski definition) is 1. The lowest BCUT2D eigenvalue weighted by Gasteiger charge is -2.10. The second kappa shape index (κ2) is 5.52. The number of aryl methyl sites for hydroxylation is 1. The number of methoxy groups -OCH3 is 1. The molecule has 0 spiro atoms. The highest BCUT2D eigenvalue weighted by molar-refractivity contribution is 6.05. The number of nitrogens with one attached hydrogen (secondary N) is 1. The van der Waals surface area contributed by atoms with Gasteiger partial charge in [0.1, 0.15) is 11.6 Å². The van der Waals surface area contributed by atoms with Crippen LogP contribution in [-0.2, 0) is 0 Å². The summed E-state index contributed by atoms with van der Waals surface area (Å²) in [6, 6.07) is 11.5. The van der Waals surface area contributed by atoms with Crippen molar-refractivity contribution in [2.24, 2.45) is 0 Å². The molecule has 0 aliphatic rings. The Morgan fingerprint density at radius 2 is 1.95 bits per heavy atom. The predicted molar refractivity (Wildman–Crippen MR) is 72.1 cm³/mol. The number of amides is 1. The lowest BCUT2D eigenvalue weighted by Crippen LogP contribution is -2.14. The maximum Gasteiger partial charge on any atom is 0.258 e. The van der Waals surface area contributed by atoms with Crippen molar-refractivity contribution in [3.05, 3.63) is 59.4 Å². The predicted octanol–water partition coefficient (Wildman–Crippen LogP) is 3.40. The van der Waals surface area contributed by atoms with Gasteiger partial charge in [-0.1, -0.05) is 18.2 Å². The summed E-state index contributed by atoms with van der Waals surface area (Å²) >= 11 is 0. The van der Waals surface area contributed by atoms with Crippen molar-refractivity contribution in [3.8, 4) is 5.75 Å². The highest BCUT2D eigenvalue weighted by Gasteiger charge is 2.13. The third kappa shape index (κ3) is 2.91. The van der Waals surface area contributed by atoms with E-state index in [1.807, 2.05) is 0 Å². The molecule has 0 fully saturated rings. The van der Waals surface area contributed by atoms with Crippen molar-refractivity contribution < 1.29 is 13.9 Å². The van der Waals surface area contributed by atoms with Crippen molar-refractivity contribution in [3.63, 3.8) is 0 Å². The summed E-state index contributed by atoms with van der Waals surface area (Å²) in [7, 11) is 1.51. The van der Waals surface area contributed by atoms with Crippen LogP contribution in [0, 0.1) is 12.7 Å². The zero-order chi connectivity index (χ0) is 13.8. The fraction of sp³-hybridized carbons (Fsp3) is 0.133. The maximum atomic E-state index is 13.7. The monoisotopic (exact) mass is 259 g/mol. The Kier molecular flexibility index (Phi) is 3.80. The average molecular weight is 259 g/mol. The Bertz CT molecular complexity index is 611. The molecule has 1 N–H and O–H groups in total. The molecular formula is C15H14FNO2. The lowest BCUT2D eigenvalue weighted by atomic mass is 10.1. The Balaban J connectivity index is 2.26. The summed E-state index contributed by atoms with van der Waals surface area (Å²) in [5, 5.41) is 2.63. The molecule has 19 heavy (non-hydrogen) atoms. The minimum atomic E-state index is -0.535. The van der Waals surface area contributed by atoms with Crippen LogP contribution in [0.2, 0.25) is 0 Å². The van der Waals surface area contributed by atoms with Crippen LogP contribution < -0.4 is 10.1 Å². The molecule has 0 aliphatic heterocycles. The minimum Gasteiger partial charge on any atom is -0.495 e. The fourth-order valence-electron chi connectivity index (χ4n) is 1.74. The van der Waals surface area contributed by atoms with E-state index < -0.39 is 11.7 Å². The Hall–Kier alpha value is -2.36. The largest absolute Gasteiger partial charge is 0.495 e. The summed E-state index contributed by atoms with van der Waals surface area (Å²) in [6.45, 7) is 1.77. The molecule has 0 aliphatic carbocycles. The number of rotatable bonds is 3. The molecule has 0 heterocycles. The van der Waals surface area contributed by atoms with Crippen LogP contribution in [0.25, 0.3) is 0 Å². The Labute approximate surface area is 111 Å². The Morgan fingerprint density at radius 1 is 1.21 bits per heavy atom. The van der Waals surface area contributed by atoms with Crippen molar-refractivity contribution in [1.29, 1.82) is 0 Å². The Morgan fingerprint density at radius 3 is 2.63 bits per heavy atom. The van der Waals surface area contributed by atoms with E-state index in [-0.39, 0.29) is 5.56 Å². The zero-order valence-corrected chi connectivity index (χ0v) is 10.7. The van der Waals surface area contributed by atoms with Crippen molar-refractivity contribution in [2.45, 2.75) is 6.92 Å². The topological polar surface area (TPSA) is 38.3 Å². The molecule has 2 aromatic rings. The highest BCUT2D eigenvalue weighted by Crippen LogP contribution is 2.24. The normalized spacial score (nSPS) is 10.1. The first-order valence-electron chi connectivity index (χ1n) is 5.82. The minimum absolute atomic E-state index is 0.0107. The quantitative estimate of drug-likeness (QED) is 0.917. The number of para-hydroxylation sites is 2. The van der Waals surface area contributed by atoms with Gasteiger partial charge in [0.15, 0.2) is 0 Å². The molecule has 0 unspecified atom stereocenters. The number of hydrogen-bond acceptors (Lipinski definition) is 2. The molecule has 0 radical (unpaired) electrons. The van der Waals surface area contributed by atoms with Gasteiger partial charge >= 0.3 is 0 Å². The van der Waals surface area contributed by atoms with Gasteiger partial charge in [0.25, 0.3) is 5.91 Å². The van der Waals surface area contributed by atoms with Crippen LogP contribution in [0.5, 0.6) is 5.75 Å². The van der Waals surface area contributed by atoms with Gasteiger partial charge < -0.3 is 10.1 Å². The van der Waals surface area contributed by atoms with Crippen molar-refractivity contribution in [2.75, 3.05) is 12.4 Å². The van der Waals surface area contributed by atoms with Crippen LogP contribution in [0.1, 0.15) is 15.9 Å². The molecule has 98 valence electrons. The van der Waals surface area contributed by atoms with Crippen LogP contribution in [-0.4, -0.2) is 13.0 Å². The smallest absolute Gasteiger partial charge is 0.258 e. The standard InChI is InChI=1S/C15H14FNO2/c1-10-7-8-11(12(16)9-10)15(18)17-13-5-3-4-6-14(13)19-2/h3-9H,1-2H3,(H,17,18). The first-order chi connectivity index (χ1) is 9.11. The van der Waals surface area contributed by atoms with E-state index in [0.29, 0.717) is 11.4 Å². The van der Waals surface area contributed by atoms with Gasteiger partial charge in [-0.3, -0.25) is 4.79 Å². The summed E-state index contributed by atoms with van der Waals surface area (Å²) in [4.78, 5) is 12.0. The molecular weight excluding hydrogens is 245 g/mol. The third-order valence-corrected chi connectivity index (χ3v) is 2.72. The van der Waals surface area contributed by atoms with Crippen LogP contribution in [0.15, 0.2) is 42.5 Å². The molecule has 1 amide bonds. The van der Waals surface area contributed by atoms with E-state index >= 15 is 0 Å². The number of halogens is 1. The van der Waals surface area contributed by atoms with Gasteiger partial charge in [0.05, 0.1) is 18.4 Å². The number of ether oxygens (including phenoxy) is 1. The molecule has 0 bridgehead atoms. The molecule has 4 heteroatoms. The van der Waals surface area contributed by atoms with Gasteiger partial charge in [0, 0.05) is 0 Å². The SMILES string of the molecule is COc1ccccc1NC(=O)c1ccc(C)cc1F. The lowest BCUT2D eigenvalue weighted by molar-refractivity contribution is 0.102. The first-order valence-corrected chi connectivity index (χ1v) is 5.82. The molecule has 3 nitrogen and oxygen atoms in total. The summed E-state index contributed by atoms with van der Waals surface area (Å²) in [6.07, 6.45) is 0. The zero-order valence-electron chi connectivity index (χ0n) is 10.7. The highest BCUT2D eigenvalue weighted by atomic mass is 19.1. The molecule has 0 saturated heterocycles. The average Bonchev–Trinajstić information content (AvgIpc) is 2.39.